The lowest BCUT2D eigenvalue weighted by Crippen LogP contribution is -2.32. The molecule has 40 heavy (non-hydrogen) atoms. The van der Waals surface area contributed by atoms with Crippen LogP contribution in [-0.4, -0.2) is 58.9 Å². The first-order valence-corrected chi connectivity index (χ1v) is 15.0. The Morgan fingerprint density at radius 3 is 2.73 bits per heavy atom. The van der Waals surface area contributed by atoms with E-state index in [-0.39, 0.29) is 24.4 Å². The van der Waals surface area contributed by atoms with Crippen LogP contribution in [-0.2, 0) is 31.8 Å². The summed E-state index contributed by atoms with van der Waals surface area (Å²) in [5.41, 5.74) is 3.75. The van der Waals surface area contributed by atoms with Crippen molar-refractivity contribution in [1.29, 1.82) is 0 Å². The van der Waals surface area contributed by atoms with E-state index in [0.717, 1.165) is 44.1 Å². The number of ether oxygens (including phenoxy) is 3. The molecular formula is C34H44O6. The Hall–Kier alpha value is -2.51. The summed E-state index contributed by atoms with van der Waals surface area (Å²) in [7, 11) is 0. The number of benzene rings is 1. The number of hydrogen-bond donors (Lipinski definition) is 2. The molecule has 0 radical (unpaired) electrons. The summed E-state index contributed by atoms with van der Waals surface area (Å²) in [5, 5.41) is 21.9. The normalized spacial score (nSPS) is 37.0. The van der Waals surface area contributed by atoms with E-state index in [0.29, 0.717) is 31.1 Å². The Labute approximate surface area is 238 Å². The van der Waals surface area contributed by atoms with Crippen molar-refractivity contribution in [2.24, 2.45) is 11.8 Å². The highest BCUT2D eigenvalue weighted by atomic mass is 16.6. The van der Waals surface area contributed by atoms with Crippen LogP contribution < -0.4 is 0 Å². The van der Waals surface area contributed by atoms with Crippen LogP contribution in [0.4, 0.5) is 0 Å². The van der Waals surface area contributed by atoms with Gasteiger partial charge in [-0.15, -0.1) is 0 Å². The van der Waals surface area contributed by atoms with Gasteiger partial charge in [-0.25, -0.2) is 4.79 Å². The summed E-state index contributed by atoms with van der Waals surface area (Å²) in [6.07, 6.45) is 15.2. The molecule has 0 aromatic heterocycles. The second-order valence-electron chi connectivity index (χ2n) is 12.2. The first-order valence-electron chi connectivity index (χ1n) is 15.0. The van der Waals surface area contributed by atoms with Crippen molar-refractivity contribution in [1.82, 2.24) is 0 Å². The van der Waals surface area contributed by atoms with Crippen molar-refractivity contribution in [2.75, 3.05) is 0 Å². The van der Waals surface area contributed by atoms with Gasteiger partial charge in [0.25, 0.3) is 0 Å². The molecule has 3 heterocycles. The maximum absolute atomic E-state index is 12.8. The van der Waals surface area contributed by atoms with E-state index >= 15 is 0 Å². The van der Waals surface area contributed by atoms with E-state index in [1.54, 1.807) is 12.2 Å². The number of aryl methyl sites for hydroxylation is 1. The van der Waals surface area contributed by atoms with E-state index in [1.807, 2.05) is 0 Å². The van der Waals surface area contributed by atoms with Crippen molar-refractivity contribution in [3.63, 3.8) is 0 Å². The third-order valence-electron chi connectivity index (χ3n) is 8.62. The Balaban J connectivity index is 1.26. The molecule has 0 spiro atoms. The molecule has 6 heteroatoms. The van der Waals surface area contributed by atoms with Crippen LogP contribution in [0.15, 0.2) is 72.9 Å². The minimum absolute atomic E-state index is 0.0792. The van der Waals surface area contributed by atoms with Crippen LogP contribution in [0.1, 0.15) is 63.0 Å². The molecule has 0 saturated carbocycles. The second kappa shape index (κ2) is 13.4. The number of carbonyl (C=O) groups excluding carboxylic acids is 1. The van der Waals surface area contributed by atoms with Crippen LogP contribution >= 0.6 is 0 Å². The third-order valence-corrected chi connectivity index (χ3v) is 8.62. The molecular weight excluding hydrogens is 504 g/mol. The fourth-order valence-electron chi connectivity index (χ4n) is 6.48. The number of epoxide rings is 1. The highest BCUT2D eigenvalue weighted by molar-refractivity contribution is 5.82. The van der Waals surface area contributed by atoms with E-state index in [2.05, 4.69) is 56.0 Å². The molecule has 4 aliphatic rings. The van der Waals surface area contributed by atoms with Gasteiger partial charge in [0, 0.05) is 12.5 Å². The number of allylic oxidation sites excluding steroid dienone is 1. The summed E-state index contributed by atoms with van der Waals surface area (Å²) in [4.78, 5) is 12.8. The molecule has 3 aliphatic heterocycles. The standard InChI is InChI=1S/C34H44O6/c1-22-17-23(2)19-30(36)34-32(40-34)21-31(39-33(37)12-6-10-27-9-5-11-28(18-22)38-27)29(35)16-14-24-13-15-25-7-3-4-8-26(25)20-24/h3-9,12,14,16,22,24,27-32,34-36H,2,10-11,13,15,17-21H2,1H3/b12-6-,16-14+/t22?,24?,27?,28-,29?,30-,31?,32-,34?/m0/s1. The lowest BCUT2D eigenvalue weighted by atomic mass is 9.83. The number of cyclic esters (lactones) is 1. The van der Waals surface area contributed by atoms with Crippen molar-refractivity contribution in [2.45, 2.75) is 107 Å². The van der Waals surface area contributed by atoms with Gasteiger partial charge in [-0.1, -0.05) is 73.7 Å². The molecule has 9 atom stereocenters. The predicted molar refractivity (Wildman–Crippen MR) is 155 cm³/mol. The summed E-state index contributed by atoms with van der Waals surface area (Å²) in [6, 6.07) is 8.51. The molecule has 0 amide bonds. The molecule has 6 unspecified atom stereocenters. The molecule has 5 rings (SSSR count). The summed E-state index contributed by atoms with van der Waals surface area (Å²) in [5.74, 6) is 0.217. The molecule has 1 aromatic carbocycles. The molecule has 2 N–H and O–H groups in total. The van der Waals surface area contributed by atoms with Gasteiger partial charge in [-0.05, 0) is 74.3 Å². The number of hydrogen-bond acceptors (Lipinski definition) is 6. The van der Waals surface area contributed by atoms with Crippen LogP contribution in [0.3, 0.4) is 0 Å². The molecule has 216 valence electrons. The molecule has 1 fully saturated rings. The number of carbonyl (C=O) groups is 1. The fourth-order valence-corrected chi connectivity index (χ4v) is 6.48. The summed E-state index contributed by atoms with van der Waals surface area (Å²) >= 11 is 0. The number of esters is 1. The van der Waals surface area contributed by atoms with E-state index in [4.69, 9.17) is 14.2 Å². The Bertz CT molecular complexity index is 1120. The minimum atomic E-state index is -0.969. The number of rotatable bonds is 3. The molecule has 1 aliphatic carbocycles. The van der Waals surface area contributed by atoms with Crippen LogP contribution in [0, 0.1) is 11.8 Å². The van der Waals surface area contributed by atoms with Gasteiger partial charge in [0.1, 0.15) is 18.3 Å². The average Bonchev–Trinajstić information content (AvgIpc) is 3.70. The topological polar surface area (TPSA) is 88.5 Å². The first-order chi connectivity index (χ1) is 19.3. The van der Waals surface area contributed by atoms with Gasteiger partial charge in [-0.3, -0.25) is 0 Å². The third kappa shape index (κ3) is 8.03. The zero-order valence-corrected chi connectivity index (χ0v) is 23.6. The highest BCUT2D eigenvalue weighted by Gasteiger charge is 2.46. The Morgan fingerprint density at radius 2 is 1.88 bits per heavy atom. The molecule has 1 aromatic rings. The van der Waals surface area contributed by atoms with Gasteiger partial charge in [0.15, 0.2) is 0 Å². The zero-order chi connectivity index (χ0) is 28.1. The predicted octanol–water partition coefficient (Wildman–Crippen LogP) is 5.18. The van der Waals surface area contributed by atoms with E-state index in [9.17, 15) is 15.0 Å². The van der Waals surface area contributed by atoms with Crippen LogP contribution in [0.25, 0.3) is 0 Å². The second-order valence-corrected chi connectivity index (χ2v) is 12.2. The molecule has 6 nitrogen and oxygen atoms in total. The Morgan fingerprint density at radius 1 is 1.05 bits per heavy atom. The van der Waals surface area contributed by atoms with E-state index < -0.39 is 24.3 Å². The maximum Gasteiger partial charge on any atom is 0.330 e. The van der Waals surface area contributed by atoms with Crippen molar-refractivity contribution < 1.29 is 29.2 Å². The average molecular weight is 549 g/mol. The molecule has 2 bridgehead atoms. The lowest BCUT2D eigenvalue weighted by Gasteiger charge is -2.28. The van der Waals surface area contributed by atoms with Gasteiger partial charge < -0.3 is 24.4 Å². The van der Waals surface area contributed by atoms with Crippen LogP contribution in [0.5, 0.6) is 0 Å². The quantitative estimate of drug-likeness (QED) is 0.308. The van der Waals surface area contributed by atoms with Crippen molar-refractivity contribution in [3.8, 4) is 0 Å². The van der Waals surface area contributed by atoms with E-state index in [1.165, 1.54) is 17.2 Å². The minimum Gasteiger partial charge on any atom is -0.456 e. The highest BCUT2D eigenvalue weighted by Crippen LogP contribution is 2.35. The maximum atomic E-state index is 12.8. The van der Waals surface area contributed by atoms with Crippen molar-refractivity contribution in [3.05, 3.63) is 84.0 Å². The number of fused-ring (bicyclic) bond motifs is 4. The first kappa shape index (κ1) is 29.0. The zero-order valence-electron chi connectivity index (χ0n) is 23.6. The summed E-state index contributed by atoms with van der Waals surface area (Å²) < 4.78 is 17.8. The smallest absolute Gasteiger partial charge is 0.330 e. The van der Waals surface area contributed by atoms with Crippen molar-refractivity contribution >= 4 is 5.97 Å². The van der Waals surface area contributed by atoms with Crippen LogP contribution in [0.2, 0.25) is 0 Å². The number of aliphatic hydroxyl groups is 2. The SMILES string of the molecule is C=C1CC(C)C[C@@H]2CC=CC(C/C=C\C(=O)OC(C(O)/C=C/C3CCc4ccccc4C3)C[C@@H]3OC3[C@@H](O)C1)O2. The van der Waals surface area contributed by atoms with Gasteiger partial charge in [0.05, 0.1) is 24.4 Å². The monoisotopic (exact) mass is 548 g/mol. The van der Waals surface area contributed by atoms with Gasteiger partial charge in [-0.2, -0.15) is 0 Å². The number of aliphatic hydroxyl groups excluding tert-OH is 2. The Kier molecular flexibility index (Phi) is 9.74. The van der Waals surface area contributed by atoms with Gasteiger partial charge >= 0.3 is 5.97 Å². The summed E-state index contributed by atoms with van der Waals surface area (Å²) in [6.45, 7) is 6.42. The fraction of sp³-hybridized carbons (Fsp3) is 0.559. The van der Waals surface area contributed by atoms with Gasteiger partial charge in [0.2, 0.25) is 0 Å². The lowest BCUT2D eigenvalue weighted by molar-refractivity contribution is -0.148. The molecule has 1 saturated heterocycles. The largest absolute Gasteiger partial charge is 0.456 e.